The summed E-state index contributed by atoms with van der Waals surface area (Å²) in [5.74, 6) is -0.598. The maximum absolute atomic E-state index is 11.2. The van der Waals surface area contributed by atoms with Gasteiger partial charge in [-0.05, 0) is 18.9 Å². The molecule has 6 nitrogen and oxygen atoms in total. The van der Waals surface area contributed by atoms with Gasteiger partial charge < -0.3 is 4.74 Å². The van der Waals surface area contributed by atoms with Crippen molar-refractivity contribution in [2.45, 2.75) is 96.8 Å². The van der Waals surface area contributed by atoms with Crippen LogP contribution in [-0.4, -0.2) is 25.5 Å². The van der Waals surface area contributed by atoms with Crippen molar-refractivity contribution in [3.05, 3.63) is 12.3 Å². The second kappa shape index (κ2) is 17.5. The molecule has 0 saturated carbocycles. The van der Waals surface area contributed by atoms with E-state index in [2.05, 4.69) is 11.1 Å². The molecule has 0 aromatic rings. The molecule has 26 heavy (non-hydrogen) atoms. The van der Waals surface area contributed by atoms with Crippen molar-refractivity contribution in [2.75, 3.05) is 6.61 Å². The van der Waals surface area contributed by atoms with Gasteiger partial charge in [-0.3, -0.25) is 9.35 Å². The van der Waals surface area contributed by atoms with Gasteiger partial charge in [0.2, 0.25) is 0 Å². The largest absolute Gasteiger partial charge is 0.435 e. The topological polar surface area (TPSA) is 89.9 Å². The Bertz CT molecular complexity index is 459. The van der Waals surface area contributed by atoms with E-state index >= 15 is 0 Å². The van der Waals surface area contributed by atoms with Crippen LogP contribution in [0.2, 0.25) is 0 Å². The second-order valence-electron chi connectivity index (χ2n) is 6.54. The number of esters is 1. The van der Waals surface area contributed by atoms with E-state index in [0.717, 1.165) is 12.8 Å². The Labute approximate surface area is 159 Å². The number of carbonyl (C=O) groups is 1. The van der Waals surface area contributed by atoms with Crippen molar-refractivity contribution < 1.29 is 26.7 Å². The quantitative estimate of drug-likeness (QED) is 0.146. The molecule has 0 aliphatic heterocycles. The molecule has 0 heterocycles. The van der Waals surface area contributed by atoms with Crippen LogP contribution in [0.4, 0.5) is 0 Å². The summed E-state index contributed by atoms with van der Waals surface area (Å²) in [6, 6.07) is 0. The van der Waals surface area contributed by atoms with Crippen LogP contribution < -0.4 is 0 Å². The van der Waals surface area contributed by atoms with E-state index in [0.29, 0.717) is 0 Å². The molecule has 1 N–H and O–H groups in total. The molecule has 0 unspecified atom stereocenters. The zero-order valence-corrected chi connectivity index (χ0v) is 17.0. The van der Waals surface area contributed by atoms with E-state index in [1.165, 1.54) is 76.9 Å². The van der Waals surface area contributed by atoms with Gasteiger partial charge in [0.15, 0.2) is 0 Å². The fourth-order valence-electron chi connectivity index (χ4n) is 2.58. The summed E-state index contributed by atoms with van der Waals surface area (Å²) in [6.07, 6.45) is 19.4. The van der Waals surface area contributed by atoms with E-state index < -0.39 is 23.0 Å². The molecule has 0 fully saturated rings. The Morgan fingerprint density at radius 1 is 0.885 bits per heavy atom. The maximum atomic E-state index is 11.2. The van der Waals surface area contributed by atoms with E-state index in [9.17, 15) is 13.2 Å². The van der Waals surface area contributed by atoms with E-state index in [4.69, 9.17) is 9.29 Å². The van der Waals surface area contributed by atoms with Crippen molar-refractivity contribution in [2.24, 2.45) is 0 Å². The molecule has 0 radical (unpaired) electrons. The lowest BCUT2D eigenvalue weighted by atomic mass is 10.0. The predicted octanol–water partition coefficient (Wildman–Crippen LogP) is 5.34. The summed E-state index contributed by atoms with van der Waals surface area (Å²) in [4.78, 5) is 11.2. The molecule has 0 saturated heterocycles. The summed E-state index contributed by atoms with van der Waals surface area (Å²) in [5.41, 5.74) is 0. The first kappa shape index (κ1) is 25.1. The Balaban J connectivity index is 3.29. The van der Waals surface area contributed by atoms with Gasteiger partial charge in [0.25, 0.3) is 0 Å². The Morgan fingerprint density at radius 3 is 1.88 bits per heavy atom. The van der Waals surface area contributed by atoms with Crippen LogP contribution in [0, 0.1) is 0 Å². The Kier molecular flexibility index (Phi) is 16.9. The predicted molar refractivity (Wildman–Crippen MR) is 103 cm³/mol. The number of hydrogen-bond donors (Lipinski definition) is 1. The lowest BCUT2D eigenvalue weighted by molar-refractivity contribution is -0.138. The van der Waals surface area contributed by atoms with Crippen LogP contribution in [0.25, 0.3) is 0 Å². The molecule has 0 bridgehead atoms. The van der Waals surface area contributed by atoms with Gasteiger partial charge in [0.05, 0.1) is 19.3 Å². The molecular formula is C19H36O6S. The number of rotatable bonds is 18. The highest BCUT2D eigenvalue weighted by Gasteiger charge is 2.07. The molecule has 0 aromatic heterocycles. The second-order valence-corrected chi connectivity index (χ2v) is 7.63. The van der Waals surface area contributed by atoms with Crippen molar-refractivity contribution in [1.29, 1.82) is 0 Å². The number of unbranched alkanes of at least 4 members (excludes halogenated alkanes) is 12. The van der Waals surface area contributed by atoms with Gasteiger partial charge in [-0.1, -0.05) is 77.6 Å². The first-order valence-electron chi connectivity index (χ1n) is 9.92. The third-order valence-corrected chi connectivity index (χ3v) is 4.52. The number of allylic oxidation sites excluding steroid dienone is 1. The minimum absolute atomic E-state index is 0.233. The van der Waals surface area contributed by atoms with Gasteiger partial charge in [-0.15, -0.1) is 0 Å². The Morgan fingerprint density at radius 2 is 1.38 bits per heavy atom. The highest BCUT2D eigenvalue weighted by molar-refractivity contribution is 7.80. The molecule has 0 aromatic carbocycles. The highest BCUT2D eigenvalue weighted by atomic mass is 32.3. The van der Waals surface area contributed by atoms with E-state index in [1.807, 2.05) is 0 Å². The third kappa shape index (κ3) is 21.1. The lowest BCUT2D eigenvalue weighted by Crippen LogP contribution is -2.09. The first-order valence-corrected chi connectivity index (χ1v) is 11.3. The summed E-state index contributed by atoms with van der Waals surface area (Å²) < 4.78 is 37.7. The molecule has 0 atom stereocenters. The summed E-state index contributed by atoms with van der Waals surface area (Å²) >= 11 is 0. The van der Waals surface area contributed by atoms with Gasteiger partial charge in [0, 0.05) is 0 Å². The maximum Gasteiger partial charge on any atom is 0.397 e. The molecule has 0 rings (SSSR count). The highest BCUT2D eigenvalue weighted by Crippen LogP contribution is 2.12. The van der Waals surface area contributed by atoms with Crippen LogP contribution in [0.15, 0.2) is 12.3 Å². The van der Waals surface area contributed by atoms with Crippen LogP contribution in [-0.2, 0) is 24.1 Å². The third-order valence-electron chi connectivity index (χ3n) is 4.06. The minimum Gasteiger partial charge on any atom is -0.435 e. The van der Waals surface area contributed by atoms with Crippen molar-refractivity contribution in [3.63, 3.8) is 0 Å². The monoisotopic (exact) mass is 392 g/mol. The van der Waals surface area contributed by atoms with Gasteiger partial charge in [0.1, 0.15) is 0 Å². The molecular weight excluding hydrogens is 356 g/mol. The minimum atomic E-state index is -4.50. The zero-order chi connectivity index (χ0) is 19.5. The fraction of sp³-hybridized carbons (Fsp3) is 0.842. The Hall–Kier alpha value is -0.920. The molecule has 7 heteroatoms. The first-order chi connectivity index (χ1) is 12.5. The summed E-state index contributed by atoms with van der Waals surface area (Å²) in [7, 11) is -4.50. The van der Waals surface area contributed by atoms with Crippen LogP contribution >= 0.6 is 0 Å². The lowest BCUT2D eigenvalue weighted by Gasteiger charge is -2.02. The summed E-state index contributed by atoms with van der Waals surface area (Å²) in [5, 5.41) is 0. The standard InChI is InChI=1S/C19H36O6S/c1-2-3-4-5-6-7-8-9-10-11-12-13-14-15-17-24-19(20)16-18-25-26(21,22)23/h15,17H,2-14,16,18H2,1H3,(H,21,22,23). The fourth-order valence-corrected chi connectivity index (χ4v) is 2.88. The van der Waals surface area contributed by atoms with E-state index in [-0.39, 0.29) is 6.42 Å². The smallest absolute Gasteiger partial charge is 0.397 e. The van der Waals surface area contributed by atoms with Gasteiger partial charge >= 0.3 is 16.4 Å². The SMILES string of the molecule is CCCCCCCCCCCCCCC=COC(=O)CCOS(=O)(=O)O. The molecule has 0 aliphatic rings. The van der Waals surface area contributed by atoms with Crippen LogP contribution in [0.5, 0.6) is 0 Å². The molecule has 0 spiro atoms. The van der Waals surface area contributed by atoms with E-state index in [1.54, 1.807) is 6.08 Å². The number of ether oxygens (including phenoxy) is 1. The zero-order valence-electron chi connectivity index (χ0n) is 16.2. The molecule has 154 valence electrons. The van der Waals surface area contributed by atoms with Gasteiger partial charge in [-0.2, -0.15) is 8.42 Å². The van der Waals surface area contributed by atoms with Gasteiger partial charge in [-0.25, -0.2) is 4.18 Å². The van der Waals surface area contributed by atoms with Crippen LogP contribution in [0.3, 0.4) is 0 Å². The average molecular weight is 393 g/mol. The summed E-state index contributed by atoms with van der Waals surface area (Å²) in [6.45, 7) is 1.82. The van der Waals surface area contributed by atoms with Crippen LogP contribution in [0.1, 0.15) is 96.8 Å². The van der Waals surface area contributed by atoms with Crippen molar-refractivity contribution in [3.8, 4) is 0 Å². The number of carbonyl (C=O) groups excluding carboxylic acids is 1. The molecule has 0 aliphatic carbocycles. The van der Waals surface area contributed by atoms with Crippen molar-refractivity contribution in [1.82, 2.24) is 0 Å². The average Bonchev–Trinajstić information content (AvgIpc) is 2.57. The molecule has 0 amide bonds. The normalized spacial score (nSPS) is 11.9. The number of hydrogen-bond acceptors (Lipinski definition) is 5. The van der Waals surface area contributed by atoms with Crippen molar-refractivity contribution >= 4 is 16.4 Å².